The van der Waals surface area contributed by atoms with Crippen LogP contribution in [-0.4, -0.2) is 36.4 Å². The van der Waals surface area contributed by atoms with Crippen LogP contribution in [0.5, 0.6) is 0 Å². The van der Waals surface area contributed by atoms with Crippen LogP contribution >= 0.6 is 0 Å². The van der Waals surface area contributed by atoms with Crippen LogP contribution < -0.4 is 0 Å². The molecule has 2 nitrogen and oxygen atoms in total. The Labute approximate surface area is 105 Å². The summed E-state index contributed by atoms with van der Waals surface area (Å²) >= 11 is 0. The van der Waals surface area contributed by atoms with Crippen LogP contribution in [-0.2, 0) is 4.79 Å². The molecular weight excluding hydrogens is 210 g/mol. The number of rotatable bonds is 1. The molecule has 3 fully saturated rings. The molecule has 1 saturated heterocycles. The number of carbonyl (C=O) groups excluding carboxylic acids is 1. The molecule has 0 N–H and O–H groups in total. The van der Waals surface area contributed by atoms with Gasteiger partial charge in [0.25, 0.3) is 0 Å². The fraction of sp³-hybridized carbons (Fsp3) is 0.933. The van der Waals surface area contributed by atoms with E-state index in [1.165, 1.54) is 68.9 Å². The van der Waals surface area contributed by atoms with Gasteiger partial charge in [-0.2, -0.15) is 0 Å². The summed E-state index contributed by atoms with van der Waals surface area (Å²) in [6, 6.07) is 0.666. The van der Waals surface area contributed by atoms with Crippen LogP contribution in [0, 0.1) is 11.8 Å². The molecule has 1 aliphatic heterocycles. The smallest absolute Gasteiger partial charge is 0.144 e. The first kappa shape index (κ1) is 11.7. The summed E-state index contributed by atoms with van der Waals surface area (Å²) in [7, 11) is 2.42. The van der Waals surface area contributed by atoms with Crippen molar-refractivity contribution in [1.82, 2.24) is 0 Å². The van der Waals surface area contributed by atoms with Crippen molar-refractivity contribution < 1.29 is 9.28 Å². The summed E-state index contributed by atoms with van der Waals surface area (Å²) in [5.41, 5.74) is 0. The average molecular weight is 236 g/mol. The number of likely N-dealkylation sites (tertiary alicyclic amines) is 1. The normalized spacial score (nSPS) is 41.2. The SMILES string of the molecule is C[N+]1([C@H]2CC[C@@H]3CCC[C@@H]2C3=O)CCCCC1. The molecule has 2 saturated carbocycles. The van der Waals surface area contributed by atoms with E-state index in [2.05, 4.69) is 7.05 Å². The maximum atomic E-state index is 12.4. The number of hydrogen-bond donors (Lipinski definition) is 0. The molecule has 1 heterocycles. The van der Waals surface area contributed by atoms with Gasteiger partial charge in [0.05, 0.1) is 32.1 Å². The number of nitrogens with zero attached hydrogens (tertiary/aromatic N) is 1. The molecular formula is C15H26NO+. The number of carbonyl (C=O) groups is 1. The number of fused-ring (bicyclic) bond motifs is 2. The topological polar surface area (TPSA) is 17.1 Å². The van der Waals surface area contributed by atoms with Crippen molar-refractivity contribution in [3.8, 4) is 0 Å². The van der Waals surface area contributed by atoms with Crippen molar-refractivity contribution in [1.29, 1.82) is 0 Å². The molecule has 0 aromatic carbocycles. The maximum absolute atomic E-state index is 12.4. The van der Waals surface area contributed by atoms with Crippen molar-refractivity contribution in [3.63, 3.8) is 0 Å². The van der Waals surface area contributed by atoms with Gasteiger partial charge < -0.3 is 4.48 Å². The van der Waals surface area contributed by atoms with E-state index >= 15 is 0 Å². The third kappa shape index (κ3) is 1.95. The Morgan fingerprint density at radius 2 is 1.71 bits per heavy atom. The highest BCUT2D eigenvalue weighted by molar-refractivity contribution is 5.85. The van der Waals surface area contributed by atoms with E-state index in [0.29, 0.717) is 23.7 Å². The first-order valence-electron chi connectivity index (χ1n) is 7.59. The average Bonchev–Trinajstić information content (AvgIpc) is 2.29. The number of hydrogen-bond acceptors (Lipinski definition) is 1. The zero-order valence-electron chi connectivity index (χ0n) is 11.2. The Morgan fingerprint density at radius 1 is 0.941 bits per heavy atom. The monoisotopic (exact) mass is 236 g/mol. The molecule has 3 rings (SSSR count). The zero-order valence-corrected chi connectivity index (χ0v) is 11.2. The Morgan fingerprint density at radius 3 is 2.47 bits per heavy atom. The van der Waals surface area contributed by atoms with Crippen molar-refractivity contribution >= 4 is 5.78 Å². The molecule has 2 aliphatic carbocycles. The minimum atomic E-state index is 0.422. The Hall–Kier alpha value is -0.370. The van der Waals surface area contributed by atoms with Gasteiger partial charge in [-0.05, 0) is 38.5 Å². The van der Waals surface area contributed by atoms with Gasteiger partial charge in [0.15, 0.2) is 0 Å². The maximum Gasteiger partial charge on any atom is 0.144 e. The molecule has 3 atom stereocenters. The molecule has 0 amide bonds. The van der Waals surface area contributed by atoms with E-state index in [9.17, 15) is 4.79 Å². The van der Waals surface area contributed by atoms with Crippen molar-refractivity contribution in [2.75, 3.05) is 20.1 Å². The molecule has 96 valence electrons. The number of Topliss-reactive ketones (excluding diaryl/α,β-unsaturated/α-hetero) is 1. The zero-order chi connectivity index (χ0) is 11.9. The molecule has 0 unspecified atom stereocenters. The number of ketones is 1. The minimum Gasteiger partial charge on any atom is -0.323 e. The fourth-order valence-electron chi connectivity index (χ4n) is 4.73. The van der Waals surface area contributed by atoms with Gasteiger partial charge in [-0.1, -0.05) is 6.42 Å². The predicted molar refractivity (Wildman–Crippen MR) is 68.6 cm³/mol. The molecule has 0 spiro atoms. The van der Waals surface area contributed by atoms with E-state index < -0.39 is 0 Å². The van der Waals surface area contributed by atoms with Gasteiger partial charge in [0.1, 0.15) is 5.78 Å². The van der Waals surface area contributed by atoms with Crippen molar-refractivity contribution in [2.24, 2.45) is 11.8 Å². The first-order chi connectivity index (χ1) is 8.21. The van der Waals surface area contributed by atoms with E-state index in [1.54, 1.807) is 0 Å². The lowest BCUT2D eigenvalue weighted by atomic mass is 9.67. The largest absolute Gasteiger partial charge is 0.323 e. The molecule has 2 heteroatoms. The van der Waals surface area contributed by atoms with E-state index in [1.807, 2.05) is 0 Å². The quantitative estimate of drug-likeness (QED) is 0.640. The van der Waals surface area contributed by atoms with Crippen LogP contribution in [0.1, 0.15) is 51.4 Å². The molecule has 3 aliphatic rings. The van der Waals surface area contributed by atoms with Gasteiger partial charge in [-0.3, -0.25) is 4.79 Å². The lowest BCUT2D eigenvalue weighted by Gasteiger charge is -2.50. The van der Waals surface area contributed by atoms with Crippen molar-refractivity contribution in [2.45, 2.75) is 57.4 Å². The van der Waals surface area contributed by atoms with Gasteiger partial charge in [-0.25, -0.2) is 0 Å². The second-order valence-corrected chi connectivity index (χ2v) is 6.77. The number of piperidine rings is 1. The second-order valence-electron chi connectivity index (χ2n) is 6.77. The lowest BCUT2D eigenvalue weighted by Crippen LogP contribution is -2.61. The van der Waals surface area contributed by atoms with E-state index in [4.69, 9.17) is 0 Å². The fourth-order valence-corrected chi connectivity index (χ4v) is 4.73. The summed E-state index contributed by atoms with van der Waals surface area (Å²) in [5, 5.41) is 0. The highest BCUT2D eigenvalue weighted by Gasteiger charge is 2.48. The van der Waals surface area contributed by atoms with Crippen LogP contribution in [0.4, 0.5) is 0 Å². The molecule has 0 radical (unpaired) electrons. The standard InChI is InChI=1S/C15H26NO/c1-16(10-3-2-4-11-16)14-9-8-12-6-5-7-13(14)15(12)17/h12-14H,2-11H2,1H3/q+1/t12-,13-,14-/m0/s1. The Kier molecular flexibility index (Phi) is 3.02. The molecule has 17 heavy (non-hydrogen) atoms. The van der Waals surface area contributed by atoms with E-state index in [-0.39, 0.29) is 0 Å². The molecule has 0 aromatic heterocycles. The third-order valence-electron chi connectivity index (χ3n) is 5.75. The van der Waals surface area contributed by atoms with Gasteiger partial charge in [0.2, 0.25) is 0 Å². The third-order valence-corrected chi connectivity index (χ3v) is 5.75. The summed E-state index contributed by atoms with van der Waals surface area (Å²) in [4.78, 5) is 12.4. The Bertz CT molecular complexity index is 306. The summed E-state index contributed by atoms with van der Waals surface area (Å²) in [6.45, 7) is 2.64. The van der Waals surface area contributed by atoms with Crippen LogP contribution in [0.2, 0.25) is 0 Å². The molecule has 2 bridgehead atoms. The Balaban J connectivity index is 1.80. The predicted octanol–water partition coefficient (Wildman–Crippen LogP) is 2.76. The summed E-state index contributed by atoms with van der Waals surface area (Å²) in [5.74, 6) is 1.50. The van der Waals surface area contributed by atoms with Crippen LogP contribution in [0.15, 0.2) is 0 Å². The number of quaternary nitrogens is 1. The summed E-state index contributed by atoms with van der Waals surface area (Å²) in [6.07, 6.45) is 10.3. The molecule has 0 aromatic rings. The van der Waals surface area contributed by atoms with Crippen LogP contribution in [0.3, 0.4) is 0 Å². The highest BCUT2D eigenvalue weighted by atomic mass is 16.1. The van der Waals surface area contributed by atoms with Gasteiger partial charge in [0, 0.05) is 12.3 Å². The van der Waals surface area contributed by atoms with Gasteiger partial charge in [-0.15, -0.1) is 0 Å². The minimum absolute atomic E-state index is 0.422. The lowest BCUT2D eigenvalue weighted by molar-refractivity contribution is -0.941. The van der Waals surface area contributed by atoms with E-state index in [0.717, 1.165) is 0 Å². The second kappa shape index (κ2) is 4.38. The highest BCUT2D eigenvalue weighted by Crippen LogP contribution is 2.42. The van der Waals surface area contributed by atoms with Crippen molar-refractivity contribution in [3.05, 3.63) is 0 Å². The summed E-state index contributed by atoms with van der Waals surface area (Å²) < 4.78 is 1.21. The van der Waals surface area contributed by atoms with Gasteiger partial charge >= 0.3 is 0 Å². The first-order valence-corrected chi connectivity index (χ1v) is 7.59. The van der Waals surface area contributed by atoms with Crippen LogP contribution in [0.25, 0.3) is 0 Å².